The third-order valence-electron chi connectivity index (χ3n) is 4.47. The minimum atomic E-state index is -0.293. The molecular weight excluding hydrogens is 434 g/mol. The van der Waals surface area contributed by atoms with Crippen LogP contribution in [0.3, 0.4) is 0 Å². The van der Waals surface area contributed by atoms with Crippen LogP contribution in [0.4, 0.5) is 10.1 Å². The SMILES string of the molecule is CCOC(=O)c1c(NC(=S)Nc2nc3c(Cl)cccc3s2)sc2c1CCCC2. The van der Waals surface area contributed by atoms with Crippen molar-refractivity contribution in [3.05, 3.63) is 39.2 Å². The first-order chi connectivity index (χ1) is 13.6. The monoisotopic (exact) mass is 451 g/mol. The Morgan fingerprint density at radius 2 is 2.11 bits per heavy atom. The van der Waals surface area contributed by atoms with Crippen molar-refractivity contribution in [3.8, 4) is 0 Å². The molecule has 0 radical (unpaired) electrons. The number of nitrogens with one attached hydrogen (secondary N) is 2. The minimum absolute atomic E-state index is 0.293. The van der Waals surface area contributed by atoms with Crippen molar-refractivity contribution in [2.24, 2.45) is 0 Å². The van der Waals surface area contributed by atoms with Crippen LogP contribution in [-0.2, 0) is 17.6 Å². The topological polar surface area (TPSA) is 63.2 Å². The first kappa shape index (κ1) is 19.6. The van der Waals surface area contributed by atoms with Gasteiger partial charge < -0.3 is 15.4 Å². The van der Waals surface area contributed by atoms with E-state index in [1.807, 2.05) is 25.1 Å². The summed E-state index contributed by atoms with van der Waals surface area (Å²) < 4.78 is 6.27. The number of aryl methyl sites for hydroxylation is 1. The number of ether oxygens (including phenoxy) is 1. The largest absolute Gasteiger partial charge is 0.462 e. The Bertz CT molecular complexity index is 1060. The Morgan fingerprint density at radius 1 is 1.29 bits per heavy atom. The van der Waals surface area contributed by atoms with E-state index in [0.717, 1.165) is 46.5 Å². The van der Waals surface area contributed by atoms with Gasteiger partial charge in [-0.2, -0.15) is 0 Å². The van der Waals surface area contributed by atoms with E-state index in [1.54, 1.807) is 11.3 Å². The maximum Gasteiger partial charge on any atom is 0.341 e. The van der Waals surface area contributed by atoms with E-state index in [-0.39, 0.29) is 5.97 Å². The highest BCUT2D eigenvalue weighted by Crippen LogP contribution is 2.39. The number of halogens is 1. The van der Waals surface area contributed by atoms with Crippen molar-refractivity contribution in [2.75, 3.05) is 17.2 Å². The molecule has 0 saturated carbocycles. The molecule has 0 amide bonds. The molecule has 1 aliphatic rings. The highest BCUT2D eigenvalue weighted by atomic mass is 35.5. The van der Waals surface area contributed by atoms with Gasteiger partial charge in [-0.1, -0.05) is 29.0 Å². The van der Waals surface area contributed by atoms with Crippen molar-refractivity contribution in [3.63, 3.8) is 0 Å². The van der Waals surface area contributed by atoms with Crippen LogP contribution in [0.15, 0.2) is 18.2 Å². The van der Waals surface area contributed by atoms with E-state index in [0.29, 0.717) is 27.4 Å². The number of thiazole rings is 1. The standard InChI is InChI=1S/C19H18ClN3O2S3/c1-2-25-17(24)14-10-6-3-4-8-12(10)27-16(14)22-18(26)23-19-21-15-11(20)7-5-9-13(15)28-19/h5,7,9H,2-4,6,8H2,1H3,(H2,21,22,23,26). The molecule has 1 aliphatic carbocycles. The first-order valence-corrected chi connectivity index (χ1v) is 11.4. The first-order valence-electron chi connectivity index (χ1n) is 9.01. The molecule has 2 heterocycles. The molecule has 0 fully saturated rings. The normalized spacial score (nSPS) is 13.2. The predicted molar refractivity (Wildman–Crippen MR) is 121 cm³/mol. The number of rotatable bonds is 4. The second-order valence-electron chi connectivity index (χ2n) is 6.32. The molecule has 0 spiro atoms. The smallest absolute Gasteiger partial charge is 0.341 e. The van der Waals surface area contributed by atoms with Gasteiger partial charge in [0.25, 0.3) is 0 Å². The van der Waals surface area contributed by atoms with Crippen LogP contribution < -0.4 is 10.6 Å². The number of esters is 1. The van der Waals surface area contributed by atoms with Gasteiger partial charge in [-0.3, -0.25) is 0 Å². The molecule has 0 bridgehead atoms. The minimum Gasteiger partial charge on any atom is -0.462 e. The molecular formula is C19H18ClN3O2S3. The summed E-state index contributed by atoms with van der Waals surface area (Å²) in [6.45, 7) is 2.16. The predicted octanol–water partition coefficient (Wildman–Crippen LogP) is 5.88. The maximum absolute atomic E-state index is 12.5. The summed E-state index contributed by atoms with van der Waals surface area (Å²) in [5.74, 6) is -0.293. The van der Waals surface area contributed by atoms with Gasteiger partial charge in [-0.15, -0.1) is 11.3 Å². The maximum atomic E-state index is 12.5. The van der Waals surface area contributed by atoms with Crippen LogP contribution in [0.2, 0.25) is 5.02 Å². The Kier molecular flexibility index (Phi) is 5.82. The summed E-state index contributed by atoms with van der Waals surface area (Å²) in [4.78, 5) is 18.3. The average molecular weight is 452 g/mol. The van der Waals surface area contributed by atoms with Crippen LogP contribution in [-0.4, -0.2) is 22.7 Å². The number of thiocarbonyl (C=S) groups is 1. The Labute approximate surface area is 181 Å². The fourth-order valence-electron chi connectivity index (χ4n) is 3.27. The van der Waals surface area contributed by atoms with Gasteiger partial charge in [0.2, 0.25) is 0 Å². The van der Waals surface area contributed by atoms with Gasteiger partial charge in [0.15, 0.2) is 10.2 Å². The molecule has 9 heteroatoms. The number of aromatic nitrogens is 1. The van der Waals surface area contributed by atoms with E-state index in [1.165, 1.54) is 16.2 Å². The molecule has 28 heavy (non-hydrogen) atoms. The highest BCUT2D eigenvalue weighted by molar-refractivity contribution is 7.80. The molecule has 0 aliphatic heterocycles. The molecule has 146 valence electrons. The van der Waals surface area contributed by atoms with Gasteiger partial charge in [0.05, 0.1) is 21.9 Å². The van der Waals surface area contributed by atoms with Crippen molar-refractivity contribution in [1.82, 2.24) is 4.98 Å². The fourth-order valence-corrected chi connectivity index (χ4v) is 6.05. The van der Waals surface area contributed by atoms with Crippen LogP contribution >= 0.6 is 46.5 Å². The van der Waals surface area contributed by atoms with E-state index in [4.69, 9.17) is 28.6 Å². The summed E-state index contributed by atoms with van der Waals surface area (Å²) in [7, 11) is 0. The number of hydrogen-bond donors (Lipinski definition) is 2. The molecule has 3 aromatic rings. The number of anilines is 2. The zero-order chi connectivity index (χ0) is 19.7. The Balaban J connectivity index is 1.57. The lowest BCUT2D eigenvalue weighted by atomic mass is 9.95. The van der Waals surface area contributed by atoms with E-state index < -0.39 is 0 Å². The summed E-state index contributed by atoms with van der Waals surface area (Å²) in [5.41, 5.74) is 2.48. The second-order valence-corrected chi connectivity index (χ2v) is 9.27. The average Bonchev–Trinajstić information content (AvgIpc) is 3.23. The van der Waals surface area contributed by atoms with Crippen molar-refractivity contribution in [1.29, 1.82) is 0 Å². The number of hydrogen-bond acceptors (Lipinski definition) is 6. The molecule has 0 atom stereocenters. The third kappa shape index (κ3) is 3.87. The third-order valence-corrected chi connectivity index (χ3v) is 7.12. The van der Waals surface area contributed by atoms with Crippen molar-refractivity contribution < 1.29 is 9.53 Å². The van der Waals surface area contributed by atoms with E-state index in [9.17, 15) is 4.79 Å². The number of nitrogens with zero attached hydrogens (tertiary/aromatic N) is 1. The lowest BCUT2D eigenvalue weighted by Gasteiger charge is -2.12. The van der Waals surface area contributed by atoms with Crippen molar-refractivity contribution in [2.45, 2.75) is 32.6 Å². The highest BCUT2D eigenvalue weighted by Gasteiger charge is 2.26. The number of fused-ring (bicyclic) bond motifs is 2. The molecule has 1 aromatic carbocycles. The molecule has 4 rings (SSSR count). The molecule has 0 unspecified atom stereocenters. The number of carbonyl (C=O) groups excluding carboxylic acids is 1. The molecule has 2 N–H and O–H groups in total. The lowest BCUT2D eigenvalue weighted by Crippen LogP contribution is -2.20. The van der Waals surface area contributed by atoms with E-state index in [2.05, 4.69) is 15.6 Å². The number of carbonyl (C=O) groups is 1. The quantitative estimate of drug-likeness (QED) is 0.381. The summed E-state index contributed by atoms with van der Waals surface area (Å²) in [5, 5.41) is 8.68. The van der Waals surface area contributed by atoms with Gasteiger partial charge in [0.1, 0.15) is 10.5 Å². The molecule has 5 nitrogen and oxygen atoms in total. The van der Waals surface area contributed by atoms with Crippen LogP contribution in [0.1, 0.15) is 40.6 Å². The van der Waals surface area contributed by atoms with Crippen LogP contribution in [0.5, 0.6) is 0 Å². The zero-order valence-corrected chi connectivity index (χ0v) is 18.3. The zero-order valence-electron chi connectivity index (χ0n) is 15.1. The van der Waals surface area contributed by atoms with Crippen LogP contribution in [0, 0.1) is 0 Å². The van der Waals surface area contributed by atoms with Gasteiger partial charge in [-0.05, 0) is 62.5 Å². The van der Waals surface area contributed by atoms with Gasteiger partial charge in [-0.25, -0.2) is 9.78 Å². The lowest BCUT2D eigenvalue weighted by molar-refractivity contribution is 0.0526. The number of para-hydroxylation sites is 1. The Morgan fingerprint density at radius 3 is 2.89 bits per heavy atom. The molecule has 0 saturated heterocycles. The fraction of sp³-hybridized carbons (Fsp3) is 0.316. The summed E-state index contributed by atoms with van der Waals surface area (Å²) >= 11 is 14.7. The number of thiophene rings is 1. The van der Waals surface area contributed by atoms with Crippen molar-refractivity contribution >= 4 is 77.9 Å². The summed E-state index contributed by atoms with van der Waals surface area (Å²) in [6, 6.07) is 5.67. The second kappa shape index (κ2) is 8.32. The van der Waals surface area contributed by atoms with Gasteiger partial charge >= 0.3 is 5.97 Å². The summed E-state index contributed by atoms with van der Waals surface area (Å²) in [6.07, 6.45) is 4.12. The Hall–Kier alpha value is -1.74. The number of benzene rings is 1. The van der Waals surface area contributed by atoms with E-state index >= 15 is 0 Å². The van der Waals surface area contributed by atoms with Crippen LogP contribution in [0.25, 0.3) is 10.2 Å². The van der Waals surface area contributed by atoms with Gasteiger partial charge in [0, 0.05) is 4.88 Å². The molecule has 2 aromatic heterocycles.